The average Bonchev–Trinajstić information content (AvgIpc) is 2.76. The van der Waals surface area contributed by atoms with Crippen molar-refractivity contribution in [2.24, 2.45) is 5.92 Å². The van der Waals surface area contributed by atoms with Crippen LogP contribution in [0.5, 0.6) is 0 Å². The molecule has 1 N–H and O–H groups in total. The van der Waals surface area contributed by atoms with Crippen LogP contribution < -0.4 is 5.32 Å². The molecule has 2 heterocycles. The molecule has 0 spiro atoms. The quantitative estimate of drug-likeness (QED) is 0.810. The molecule has 1 aliphatic rings. The monoisotopic (exact) mass is 274 g/mol. The Kier molecular flexibility index (Phi) is 5.71. The lowest BCUT2D eigenvalue weighted by molar-refractivity contribution is 0.114. The van der Waals surface area contributed by atoms with E-state index in [2.05, 4.69) is 10.3 Å². The predicted octanol–water partition coefficient (Wildman–Crippen LogP) is 3.09. The van der Waals surface area contributed by atoms with E-state index in [-0.39, 0.29) is 0 Å². The van der Waals surface area contributed by atoms with E-state index < -0.39 is 0 Å². The van der Waals surface area contributed by atoms with E-state index >= 15 is 0 Å². The van der Waals surface area contributed by atoms with Crippen molar-refractivity contribution in [3.63, 3.8) is 0 Å². The highest BCUT2D eigenvalue weighted by Crippen LogP contribution is 2.19. The fraction of sp³-hybridized carbons (Fsp3) is 0.750. The number of halogens is 1. The maximum absolute atomic E-state index is 5.75. The topological polar surface area (TPSA) is 34.1 Å². The Balaban J connectivity index is 1.51. The molecule has 0 saturated carbocycles. The van der Waals surface area contributed by atoms with Crippen LogP contribution in [-0.2, 0) is 11.3 Å². The minimum Gasteiger partial charge on any atom is -0.376 e. The van der Waals surface area contributed by atoms with E-state index in [9.17, 15) is 0 Å². The normalized spacial score (nSPS) is 20.6. The summed E-state index contributed by atoms with van der Waals surface area (Å²) in [5, 5.41) is 3.44. The van der Waals surface area contributed by atoms with E-state index in [1.807, 2.05) is 0 Å². The molecule has 0 amide bonds. The van der Waals surface area contributed by atoms with Gasteiger partial charge in [-0.15, -0.1) is 11.3 Å². The Bertz CT molecular complexity index is 326. The smallest absolute Gasteiger partial charge is 0.183 e. The van der Waals surface area contributed by atoms with Crippen molar-refractivity contribution in [1.29, 1.82) is 0 Å². The molecule has 1 aliphatic heterocycles. The molecule has 1 fully saturated rings. The van der Waals surface area contributed by atoms with Crippen molar-refractivity contribution >= 4 is 22.9 Å². The third-order valence-electron chi connectivity index (χ3n) is 3.07. The largest absolute Gasteiger partial charge is 0.376 e. The molecule has 1 saturated heterocycles. The maximum Gasteiger partial charge on any atom is 0.183 e. The summed E-state index contributed by atoms with van der Waals surface area (Å²) in [6.45, 7) is 3.86. The molecule has 0 unspecified atom stereocenters. The first-order valence-corrected chi connectivity index (χ1v) is 7.42. The van der Waals surface area contributed by atoms with Crippen LogP contribution in [0.4, 0.5) is 0 Å². The summed E-state index contributed by atoms with van der Waals surface area (Å²) in [6, 6.07) is 0. The summed E-state index contributed by atoms with van der Waals surface area (Å²) < 4.78 is 6.21. The van der Waals surface area contributed by atoms with Gasteiger partial charge in [0.05, 0.1) is 11.5 Å². The van der Waals surface area contributed by atoms with Gasteiger partial charge in [0, 0.05) is 12.8 Å². The molecule has 0 aliphatic carbocycles. The van der Waals surface area contributed by atoms with Gasteiger partial charge in [-0.3, -0.25) is 0 Å². The van der Waals surface area contributed by atoms with Crippen molar-refractivity contribution in [2.45, 2.75) is 32.3 Å². The SMILES string of the molecule is Clc1ncc(COCCC[C@H]2CCCNC2)s1. The maximum atomic E-state index is 5.75. The Morgan fingerprint density at radius 3 is 3.24 bits per heavy atom. The fourth-order valence-electron chi connectivity index (χ4n) is 2.17. The third-order valence-corrected chi connectivity index (χ3v) is 4.16. The van der Waals surface area contributed by atoms with Gasteiger partial charge in [0.1, 0.15) is 0 Å². The van der Waals surface area contributed by atoms with E-state index in [1.54, 1.807) is 6.20 Å². The lowest BCUT2D eigenvalue weighted by Gasteiger charge is -2.22. The number of aromatic nitrogens is 1. The molecule has 17 heavy (non-hydrogen) atoms. The standard InChI is InChI=1S/C12H19ClN2OS/c13-12-15-8-11(17-12)9-16-6-2-4-10-3-1-5-14-7-10/h8,10,14H,1-7,9H2/t10-/m1/s1. The molecule has 1 atom stereocenters. The zero-order valence-electron chi connectivity index (χ0n) is 9.95. The first-order valence-electron chi connectivity index (χ1n) is 6.23. The van der Waals surface area contributed by atoms with Gasteiger partial charge < -0.3 is 10.1 Å². The van der Waals surface area contributed by atoms with Crippen molar-refractivity contribution in [3.8, 4) is 0 Å². The van der Waals surface area contributed by atoms with Crippen LogP contribution in [-0.4, -0.2) is 24.7 Å². The molecule has 0 bridgehead atoms. The molecule has 3 nitrogen and oxygen atoms in total. The summed E-state index contributed by atoms with van der Waals surface area (Å²) in [7, 11) is 0. The van der Waals surface area contributed by atoms with Crippen LogP contribution in [0.3, 0.4) is 0 Å². The van der Waals surface area contributed by atoms with Crippen molar-refractivity contribution in [1.82, 2.24) is 10.3 Å². The van der Waals surface area contributed by atoms with Crippen LogP contribution in [0.2, 0.25) is 4.47 Å². The lowest BCUT2D eigenvalue weighted by atomic mass is 9.95. The van der Waals surface area contributed by atoms with Crippen LogP contribution in [0.25, 0.3) is 0 Å². The van der Waals surface area contributed by atoms with Gasteiger partial charge in [0.25, 0.3) is 0 Å². The van der Waals surface area contributed by atoms with Crippen molar-refractivity contribution in [2.75, 3.05) is 19.7 Å². The number of rotatable bonds is 6. The lowest BCUT2D eigenvalue weighted by Crippen LogP contribution is -2.29. The first kappa shape index (κ1) is 13.3. The summed E-state index contributed by atoms with van der Waals surface area (Å²) in [6.07, 6.45) is 6.91. The Morgan fingerprint density at radius 1 is 1.59 bits per heavy atom. The number of hydrogen-bond donors (Lipinski definition) is 1. The van der Waals surface area contributed by atoms with Crippen molar-refractivity contribution in [3.05, 3.63) is 15.5 Å². The van der Waals surface area contributed by atoms with Crippen LogP contribution in [0.1, 0.15) is 30.6 Å². The zero-order chi connectivity index (χ0) is 11.9. The van der Waals surface area contributed by atoms with E-state index in [4.69, 9.17) is 16.3 Å². The molecule has 1 aromatic heterocycles. The van der Waals surface area contributed by atoms with E-state index in [0.29, 0.717) is 11.1 Å². The molecule has 5 heteroatoms. The average molecular weight is 275 g/mol. The first-order chi connectivity index (χ1) is 8.34. The van der Waals surface area contributed by atoms with Gasteiger partial charge in [-0.25, -0.2) is 4.98 Å². The zero-order valence-corrected chi connectivity index (χ0v) is 11.5. The van der Waals surface area contributed by atoms with Gasteiger partial charge in [0.2, 0.25) is 0 Å². The Hall–Kier alpha value is -0.160. The second-order valence-electron chi connectivity index (χ2n) is 4.49. The summed E-state index contributed by atoms with van der Waals surface area (Å²) in [4.78, 5) is 5.09. The second-order valence-corrected chi connectivity index (χ2v) is 6.18. The van der Waals surface area contributed by atoms with Crippen LogP contribution >= 0.6 is 22.9 Å². The van der Waals surface area contributed by atoms with Gasteiger partial charge in [-0.05, 0) is 44.7 Å². The summed E-state index contributed by atoms with van der Waals surface area (Å²) in [5.41, 5.74) is 0. The van der Waals surface area contributed by atoms with Crippen LogP contribution in [0.15, 0.2) is 6.20 Å². The molecule has 0 radical (unpaired) electrons. The van der Waals surface area contributed by atoms with Gasteiger partial charge >= 0.3 is 0 Å². The summed E-state index contributed by atoms with van der Waals surface area (Å²) in [5.74, 6) is 0.852. The Morgan fingerprint density at radius 2 is 2.53 bits per heavy atom. The molecule has 1 aromatic rings. The molecule has 0 aromatic carbocycles. The number of ether oxygens (including phenoxy) is 1. The van der Waals surface area contributed by atoms with Gasteiger partial charge in [-0.2, -0.15) is 0 Å². The molecule has 2 rings (SSSR count). The minimum atomic E-state index is 0.594. The molecule has 96 valence electrons. The molecular weight excluding hydrogens is 256 g/mol. The second kappa shape index (κ2) is 7.31. The number of hydrogen-bond acceptors (Lipinski definition) is 4. The highest BCUT2D eigenvalue weighted by Gasteiger charge is 2.11. The number of piperidine rings is 1. The minimum absolute atomic E-state index is 0.594. The Labute approximate surface area is 112 Å². The van der Waals surface area contributed by atoms with Gasteiger partial charge in [-0.1, -0.05) is 11.6 Å². The van der Waals surface area contributed by atoms with E-state index in [0.717, 1.165) is 23.8 Å². The van der Waals surface area contributed by atoms with E-state index in [1.165, 1.54) is 43.7 Å². The number of nitrogens with one attached hydrogen (secondary N) is 1. The predicted molar refractivity (Wildman–Crippen MR) is 71.6 cm³/mol. The third kappa shape index (κ3) is 4.92. The summed E-state index contributed by atoms with van der Waals surface area (Å²) >= 11 is 7.24. The number of nitrogens with zero attached hydrogens (tertiary/aromatic N) is 1. The highest BCUT2D eigenvalue weighted by molar-refractivity contribution is 7.15. The van der Waals surface area contributed by atoms with Crippen molar-refractivity contribution < 1.29 is 4.74 Å². The highest BCUT2D eigenvalue weighted by atomic mass is 35.5. The van der Waals surface area contributed by atoms with Gasteiger partial charge in [0.15, 0.2) is 4.47 Å². The van der Waals surface area contributed by atoms with Crippen LogP contribution in [0, 0.1) is 5.92 Å². The number of thiazole rings is 1. The fourth-order valence-corrected chi connectivity index (χ4v) is 3.08. The molecular formula is C12H19ClN2OS.